The van der Waals surface area contributed by atoms with Crippen molar-refractivity contribution in [1.82, 2.24) is 10.2 Å². The Balaban J connectivity index is 1.74. The summed E-state index contributed by atoms with van der Waals surface area (Å²) in [5, 5.41) is 2.85. The molecule has 32 heavy (non-hydrogen) atoms. The fourth-order valence-electron chi connectivity index (χ4n) is 3.74. The fourth-order valence-corrected chi connectivity index (χ4v) is 5.17. The molecule has 1 N–H and O–H groups in total. The molecule has 1 amide bonds. The molecule has 1 aliphatic heterocycles. The largest absolute Gasteiger partial charge is 0.493 e. The van der Waals surface area contributed by atoms with Crippen molar-refractivity contribution in [3.63, 3.8) is 0 Å². The van der Waals surface area contributed by atoms with E-state index in [4.69, 9.17) is 9.47 Å². The number of anilines is 1. The molecule has 8 nitrogen and oxygen atoms in total. The predicted octanol–water partition coefficient (Wildman–Crippen LogP) is 2.50. The van der Waals surface area contributed by atoms with Gasteiger partial charge < -0.3 is 19.7 Å². The van der Waals surface area contributed by atoms with E-state index in [9.17, 15) is 13.2 Å². The minimum atomic E-state index is -4.02. The van der Waals surface area contributed by atoms with Crippen LogP contribution in [0.2, 0.25) is 0 Å². The van der Waals surface area contributed by atoms with Gasteiger partial charge in [0.15, 0.2) is 11.5 Å². The first-order valence-corrected chi connectivity index (χ1v) is 12.2. The molecule has 1 saturated heterocycles. The van der Waals surface area contributed by atoms with Gasteiger partial charge in [0.2, 0.25) is 5.91 Å². The molecule has 1 fully saturated rings. The Morgan fingerprint density at radius 3 is 2.38 bits per heavy atom. The van der Waals surface area contributed by atoms with Gasteiger partial charge in [0, 0.05) is 12.6 Å². The van der Waals surface area contributed by atoms with Crippen LogP contribution in [0.5, 0.6) is 11.5 Å². The molecule has 2 aromatic carbocycles. The molecule has 1 aliphatic rings. The molecule has 0 aliphatic carbocycles. The average Bonchev–Trinajstić information content (AvgIpc) is 3.34. The van der Waals surface area contributed by atoms with Crippen molar-refractivity contribution in [3.8, 4) is 11.5 Å². The number of likely N-dealkylation sites (tertiary alicyclic amines) is 1. The quantitative estimate of drug-likeness (QED) is 0.518. The predicted molar refractivity (Wildman–Crippen MR) is 124 cm³/mol. The molecule has 9 heteroatoms. The number of para-hydroxylation sites is 1. The first-order valence-electron chi connectivity index (χ1n) is 10.7. The van der Waals surface area contributed by atoms with Crippen LogP contribution in [0.3, 0.4) is 0 Å². The molecule has 3 rings (SSSR count). The number of hydrogen-bond donors (Lipinski definition) is 1. The van der Waals surface area contributed by atoms with Gasteiger partial charge in [0.05, 0.1) is 24.8 Å². The minimum Gasteiger partial charge on any atom is -0.493 e. The molecule has 0 saturated carbocycles. The van der Waals surface area contributed by atoms with Gasteiger partial charge in [-0.2, -0.15) is 0 Å². The van der Waals surface area contributed by atoms with Gasteiger partial charge in [-0.05, 0) is 63.2 Å². The van der Waals surface area contributed by atoms with Crippen LogP contribution in [0.4, 0.5) is 5.69 Å². The van der Waals surface area contributed by atoms with E-state index >= 15 is 0 Å². The lowest BCUT2D eigenvalue weighted by molar-refractivity contribution is -0.119. The molecule has 0 radical (unpaired) electrons. The lowest BCUT2D eigenvalue weighted by Gasteiger charge is -2.24. The van der Waals surface area contributed by atoms with Gasteiger partial charge in [0.1, 0.15) is 6.54 Å². The summed E-state index contributed by atoms with van der Waals surface area (Å²) in [7, 11) is -1.10. The standard InChI is InChI=1S/C23H31N3O5S/c1-30-21-12-11-20(17-22(21)31-2)32(28,29)26(19-9-4-3-5-10-19)18-23(27)24-13-8-16-25-14-6-7-15-25/h3-5,9-12,17H,6-8,13-16,18H2,1-2H3,(H,24,27). The van der Waals surface area contributed by atoms with Crippen LogP contribution in [-0.4, -0.2) is 66.2 Å². The molecule has 174 valence electrons. The smallest absolute Gasteiger partial charge is 0.264 e. The number of benzene rings is 2. The number of hydrogen-bond acceptors (Lipinski definition) is 6. The van der Waals surface area contributed by atoms with Gasteiger partial charge in [0.25, 0.3) is 10.0 Å². The minimum absolute atomic E-state index is 0.0147. The summed E-state index contributed by atoms with van der Waals surface area (Å²) in [6, 6.07) is 13.0. The maximum Gasteiger partial charge on any atom is 0.264 e. The molecule has 0 atom stereocenters. The fraction of sp³-hybridized carbons (Fsp3) is 0.435. The van der Waals surface area contributed by atoms with E-state index in [-0.39, 0.29) is 17.3 Å². The van der Waals surface area contributed by atoms with Crippen LogP contribution in [0.15, 0.2) is 53.4 Å². The number of rotatable bonds is 11. The van der Waals surface area contributed by atoms with E-state index in [0.29, 0.717) is 23.7 Å². The van der Waals surface area contributed by atoms with Crippen LogP contribution < -0.4 is 19.1 Å². The summed E-state index contributed by atoms with van der Waals surface area (Å²) in [6.45, 7) is 3.35. The summed E-state index contributed by atoms with van der Waals surface area (Å²) in [4.78, 5) is 15.0. The first-order chi connectivity index (χ1) is 15.5. The Morgan fingerprint density at radius 1 is 1.03 bits per heavy atom. The van der Waals surface area contributed by atoms with E-state index in [0.717, 1.165) is 30.4 Å². The molecule has 2 aromatic rings. The Labute approximate surface area is 190 Å². The Kier molecular flexibility index (Phi) is 8.35. The van der Waals surface area contributed by atoms with E-state index in [2.05, 4.69) is 10.2 Å². The summed E-state index contributed by atoms with van der Waals surface area (Å²) < 4.78 is 38.5. The number of amides is 1. The number of methoxy groups -OCH3 is 2. The van der Waals surface area contributed by atoms with Gasteiger partial charge in [-0.1, -0.05) is 18.2 Å². The van der Waals surface area contributed by atoms with Crippen molar-refractivity contribution in [2.24, 2.45) is 0 Å². The summed E-state index contributed by atoms with van der Waals surface area (Å²) in [6.07, 6.45) is 3.29. The highest BCUT2D eigenvalue weighted by atomic mass is 32.2. The third-order valence-electron chi connectivity index (χ3n) is 5.45. The number of ether oxygens (including phenoxy) is 2. The van der Waals surface area contributed by atoms with Gasteiger partial charge in [-0.3, -0.25) is 9.10 Å². The van der Waals surface area contributed by atoms with Gasteiger partial charge >= 0.3 is 0 Å². The second kappa shape index (κ2) is 11.2. The molecular weight excluding hydrogens is 430 g/mol. The Morgan fingerprint density at radius 2 is 1.72 bits per heavy atom. The second-order valence-corrected chi connectivity index (χ2v) is 9.48. The zero-order valence-electron chi connectivity index (χ0n) is 18.6. The van der Waals surface area contributed by atoms with Crippen molar-refractivity contribution in [2.75, 3.05) is 51.2 Å². The maximum absolute atomic E-state index is 13.5. The number of carbonyl (C=O) groups is 1. The lowest BCUT2D eigenvalue weighted by atomic mass is 10.3. The highest BCUT2D eigenvalue weighted by Crippen LogP contribution is 2.32. The highest BCUT2D eigenvalue weighted by Gasteiger charge is 2.28. The van der Waals surface area contributed by atoms with Crippen LogP contribution in [0, 0.1) is 0 Å². The second-order valence-electron chi connectivity index (χ2n) is 7.62. The van der Waals surface area contributed by atoms with Crippen LogP contribution in [0.1, 0.15) is 19.3 Å². The van der Waals surface area contributed by atoms with Crippen molar-refractivity contribution in [1.29, 1.82) is 0 Å². The number of nitrogens with one attached hydrogen (secondary N) is 1. The number of sulfonamides is 1. The van der Waals surface area contributed by atoms with Crippen LogP contribution in [-0.2, 0) is 14.8 Å². The molecule has 0 spiro atoms. The summed E-state index contributed by atoms with van der Waals surface area (Å²) in [5.41, 5.74) is 0.412. The normalized spacial score (nSPS) is 14.2. The maximum atomic E-state index is 13.5. The van der Waals surface area contributed by atoms with Crippen molar-refractivity contribution < 1.29 is 22.7 Å². The van der Waals surface area contributed by atoms with Crippen LogP contribution >= 0.6 is 0 Å². The van der Waals surface area contributed by atoms with Crippen molar-refractivity contribution in [2.45, 2.75) is 24.2 Å². The van der Waals surface area contributed by atoms with Crippen molar-refractivity contribution in [3.05, 3.63) is 48.5 Å². The van der Waals surface area contributed by atoms with Gasteiger partial charge in [-0.15, -0.1) is 0 Å². The number of nitrogens with zero attached hydrogens (tertiary/aromatic N) is 2. The zero-order valence-corrected chi connectivity index (χ0v) is 19.4. The van der Waals surface area contributed by atoms with Gasteiger partial charge in [-0.25, -0.2) is 8.42 Å². The Bertz CT molecular complexity index is 992. The average molecular weight is 462 g/mol. The van der Waals surface area contributed by atoms with E-state index in [1.165, 1.54) is 45.3 Å². The highest BCUT2D eigenvalue weighted by molar-refractivity contribution is 7.92. The van der Waals surface area contributed by atoms with Crippen molar-refractivity contribution >= 4 is 21.6 Å². The third-order valence-corrected chi connectivity index (χ3v) is 7.22. The topological polar surface area (TPSA) is 88.2 Å². The van der Waals surface area contributed by atoms with E-state index in [1.807, 2.05) is 0 Å². The first kappa shape index (κ1) is 23.9. The van der Waals surface area contributed by atoms with E-state index < -0.39 is 10.0 Å². The van der Waals surface area contributed by atoms with E-state index in [1.54, 1.807) is 30.3 Å². The molecular formula is C23H31N3O5S. The third kappa shape index (κ3) is 5.92. The zero-order chi connectivity index (χ0) is 23.0. The molecule has 0 aromatic heterocycles. The number of carbonyl (C=O) groups excluding carboxylic acids is 1. The molecule has 0 unspecified atom stereocenters. The lowest BCUT2D eigenvalue weighted by Crippen LogP contribution is -2.41. The SMILES string of the molecule is COc1ccc(S(=O)(=O)N(CC(=O)NCCCN2CCCC2)c2ccccc2)cc1OC. The van der Waals surface area contributed by atoms with Crippen LogP contribution in [0.25, 0.3) is 0 Å². The molecule has 0 bridgehead atoms. The Hall–Kier alpha value is -2.78. The summed E-state index contributed by atoms with van der Waals surface area (Å²) >= 11 is 0. The monoisotopic (exact) mass is 461 g/mol. The summed E-state index contributed by atoms with van der Waals surface area (Å²) in [5.74, 6) is 0.376. The molecule has 1 heterocycles.